The summed E-state index contributed by atoms with van der Waals surface area (Å²) in [6, 6.07) is 8.42. The van der Waals surface area contributed by atoms with Gasteiger partial charge in [-0.2, -0.15) is 0 Å². The topological polar surface area (TPSA) is 49.6 Å². The fourth-order valence-corrected chi connectivity index (χ4v) is 2.17. The van der Waals surface area contributed by atoms with Crippen LogP contribution in [0.1, 0.15) is 12.0 Å². The SMILES string of the molecule is CN1CCN(c2ccc(C=CCC(N)=O)cc2)CC1. The van der Waals surface area contributed by atoms with Crippen LogP contribution in [0.3, 0.4) is 0 Å². The zero-order valence-corrected chi connectivity index (χ0v) is 11.4. The summed E-state index contributed by atoms with van der Waals surface area (Å²) in [5.74, 6) is -0.301. The number of nitrogens with two attached hydrogens (primary N) is 1. The van der Waals surface area contributed by atoms with Crippen LogP contribution in [-0.4, -0.2) is 44.0 Å². The Morgan fingerprint density at radius 2 is 1.84 bits per heavy atom. The third-order valence-electron chi connectivity index (χ3n) is 3.39. The number of hydrogen-bond donors (Lipinski definition) is 1. The number of likely N-dealkylation sites (N-methyl/N-ethyl adjacent to an activating group) is 1. The van der Waals surface area contributed by atoms with Crippen molar-refractivity contribution in [1.82, 2.24) is 4.90 Å². The van der Waals surface area contributed by atoms with Gasteiger partial charge in [0.2, 0.25) is 5.91 Å². The lowest BCUT2D eigenvalue weighted by molar-refractivity contribution is -0.117. The van der Waals surface area contributed by atoms with Crippen molar-refractivity contribution in [1.29, 1.82) is 0 Å². The fourth-order valence-electron chi connectivity index (χ4n) is 2.17. The molecule has 0 unspecified atom stereocenters. The van der Waals surface area contributed by atoms with Crippen molar-refractivity contribution in [2.45, 2.75) is 6.42 Å². The van der Waals surface area contributed by atoms with E-state index in [0.717, 1.165) is 31.7 Å². The number of piperazine rings is 1. The monoisotopic (exact) mass is 259 g/mol. The summed E-state index contributed by atoms with van der Waals surface area (Å²) in [5, 5.41) is 0. The second-order valence-electron chi connectivity index (χ2n) is 4.95. The van der Waals surface area contributed by atoms with Crippen LogP contribution in [0.2, 0.25) is 0 Å². The van der Waals surface area contributed by atoms with Crippen molar-refractivity contribution in [3.63, 3.8) is 0 Å². The maximum atomic E-state index is 10.6. The molecule has 1 amide bonds. The summed E-state index contributed by atoms with van der Waals surface area (Å²) in [5.41, 5.74) is 7.45. The van der Waals surface area contributed by atoms with Gasteiger partial charge in [0.15, 0.2) is 0 Å². The van der Waals surface area contributed by atoms with E-state index in [2.05, 4.69) is 41.1 Å². The molecule has 1 aliphatic heterocycles. The van der Waals surface area contributed by atoms with Crippen molar-refractivity contribution < 1.29 is 4.79 Å². The molecule has 2 N–H and O–H groups in total. The van der Waals surface area contributed by atoms with E-state index in [1.807, 2.05) is 6.08 Å². The molecule has 1 aliphatic rings. The maximum absolute atomic E-state index is 10.6. The van der Waals surface area contributed by atoms with Crippen LogP contribution in [0, 0.1) is 0 Å². The molecule has 1 saturated heterocycles. The molecule has 1 aromatic rings. The van der Waals surface area contributed by atoms with E-state index in [4.69, 9.17) is 5.73 Å². The van der Waals surface area contributed by atoms with Crippen molar-refractivity contribution in [2.24, 2.45) is 5.73 Å². The van der Waals surface area contributed by atoms with Crippen LogP contribution in [0.4, 0.5) is 5.69 Å². The van der Waals surface area contributed by atoms with Gasteiger partial charge >= 0.3 is 0 Å². The third kappa shape index (κ3) is 4.10. The standard InChI is InChI=1S/C15H21N3O/c1-17-9-11-18(12-10-17)14-7-5-13(6-8-14)3-2-4-15(16)19/h2-3,5-8H,4,9-12H2,1H3,(H2,16,19). The number of carbonyl (C=O) groups is 1. The van der Waals surface area contributed by atoms with Crippen molar-refractivity contribution in [3.8, 4) is 0 Å². The molecule has 0 bridgehead atoms. The molecule has 0 aliphatic carbocycles. The molecule has 4 heteroatoms. The Bertz CT molecular complexity index is 445. The molecule has 19 heavy (non-hydrogen) atoms. The zero-order chi connectivity index (χ0) is 13.7. The molecular weight excluding hydrogens is 238 g/mol. The Hall–Kier alpha value is -1.81. The lowest BCUT2D eigenvalue weighted by Gasteiger charge is -2.34. The van der Waals surface area contributed by atoms with Gasteiger partial charge in [-0.15, -0.1) is 0 Å². The molecular formula is C15H21N3O. The number of rotatable bonds is 4. The molecule has 102 valence electrons. The fraction of sp³-hybridized carbons (Fsp3) is 0.400. The van der Waals surface area contributed by atoms with E-state index < -0.39 is 0 Å². The Kier molecular flexibility index (Phi) is 4.58. The lowest BCUT2D eigenvalue weighted by Crippen LogP contribution is -2.44. The molecule has 0 aromatic heterocycles. The average Bonchev–Trinajstić information content (AvgIpc) is 2.40. The molecule has 0 spiro atoms. The second-order valence-corrected chi connectivity index (χ2v) is 4.95. The van der Waals surface area contributed by atoms with E-state index in [1.54, 1.807) is 6.08 Å². The highest BCUT2D eigenvalue weighted by Gasteiger charge is 2.13. The summed E-state index contributed by atoms with van der Waals surface area (Å²) < 4.78 is 0. The van der Waals surface area contributed by atoms with Crippen molar-refractivity contribution >= 4 is 17.7 Å². The molecule has 0 atom stereocenters. The van der Waals surface area contributed by atoms with Crippen LogP contribution < -0.4 is 10.6 Å². The van der Waals surface area contributed by atoms with Gasteiger partial charge in [-0.1, -0.05) is 24.3 Å². The van der Waals surface area contributed by atoms with Crippen LogP contribution >= 0.6 is 0 Å². The minimum atomic E-state index is -0.301. The first-order valence-electron chi connectivity index (χ1n) is 6.63. The Labute approximate surface area is 114 Å². The van der Waals surface area contributed by atoms with Crippen LogP contribution in [0.25, 0.3) is 6.08 Å². The first-order chi connectivity index (χ1) is 9.15. The Morgan fingerprint density at radius 1 is 1.21 bits per heavy atom. The van der Waals surface area contributed by atoms with Crippen LogP contribution in [0.15, 0.2) is 30.3 Å². The predicted molar refractivity (Wildman–Crippen MR) is 79.0 cm³/mol. The first kappa shape index (κ1) is 13.6. The van der Waals surface area contributed by atoms with Crippen LogP contribution in [0.5, 0.6) is 0 Å². The molecule has 1 heterocycles. The molecule has 0 saturated carbocycles. The van der Waals surface area contributed by atoms with Crippen molar-refractivity contribution in [2.75, 3.05) is 38.1 Å². The number of anilines is 1. The van der Waals surface area contributed by atoms with Gasteiger partial charge in [0.25, 0.3) is 0 Å². The second kappa shape index (κ2) is 6.38. The molecule has 2 rings (SSSR count). The minimum absolute atomic E-state index is 0.292. The van der Waals surface area contributed by atoms with Gasteiger partial charge < -0.3 is 15.5 Å². The van der Waals surface area contributed by atoms with Gasteiger partial charge in [-0.05, 0) is 24.7 Å². The van der Waals surface area contributed by atoms with Gasteiger partial charge in [-0.3, -0.25) is 4.79 Å². The number of nitrogens with zero attached hydrogens (tertiary/aromatic N) is 2. The van der Waals surface area contributed by atoms with E-state index in [1.165, 1.54) is 5.69 Å². The zero-order valence-electron chi connectivity index (χ0n) is 11.4. The molecule has 1 fully saturated rings. The predicted octanol–water partition coefficient (Wildman–Crippen LogP) is 1.33. The average molecular weight is 259 g/mol. The third-order valence-corrected chi connectivity index (χ3v) is 3.39. The number of benzene rings is 1. The van der Waals surface area contributed by atoms with Crippen LogP contribution in [-0.2, 0) is 4.79 Å². The molecule has 0 radical (unpaired) electrons. The smallest absolute Gasteiger partial charge is 0.221 e. The van der Waals surface area contributed by atoms with Gasteiger partial charge in [0, 0.05) is 38.3 Å². The van der Waals surface area contributed by atoms with E-state index >= 15 is 0 Å². The summed E-state index contributed by atoms with van der Waals surface area (Å²) in [6.45, 7) is 4.38. The van der Waals surface area contributed by atoms with E-state index in [9.17, 15) is 4.79 Å². The largest absolute Gasteiger partial charge is 0.369 e. The highest BCUT2D eigenvalue weighted by molar-refractivity contribution is 5.76. The Morgan fingerprint density at radius 3 is 2.42 bits per heavy atom. The summed E-state index contributed by atoms with van der Waals surface area (Å²) in [4.78, 5) is 15.4. The molecule has 1 aromatic carbocycles. The maximum Gasteiger partial charge on any atom is 0.221 e. The quantitative estimate of drug-likeness (QED) is 0.887. The number of carbonyl (C=O) groups excluding carboxylic acids is 1. The van der Waals surface area contributed by atoms with E-state index in [-0.39, 0.29) is 5.91 Å². The number of primary amides is 1. The highest BCUT2D eigenvalue weighted by Crippen LogP contribution is 2.17. The summed E-state index contributed by atoms with van der Waals surface area (Å²) in [7, 11) is 2.16. The Balaban J connectivity index is 1.94. The molecule has 4 nitrogen and oxygen atoms in total. The number of hydrogen-bond acceptors (Lipinski definition) is 3. The summed E-state index contributed by atoms with van der Waals surface area (Å²) >= 11 is 0. The van der Waals surface area contributed by atoms with Gasteiger partial charge in [0.1, 0.15) is 0 Å². The number of amides is 1. The van der Waals surface area contributed by atoms with E-state index in [0.29, 0.717) is 6.42 Å². The summed E-state index contributed by atoms with van der Waals surface area (Å²) in [6.07, 6.45) is 4.02. The first-order valence-corrected chi connectivity index (χ1v) is 6.63. The normalized spacial score (nSPS) is 17.0. The van der Waals surface area contributed by atoms with Gasteiger partial charge in [-0.25, -0.2) is 0 Å². The highest BCUT2D eigenvalue weighted by atomic mass is 16.1. The lowest BCUT2D eigenvalue weighted by atomic mass is 10.1. The minimum Gasteiger partial charge on any atom is -0.369 e. The van der Waals surface area contributed by atoms with Gasteiger partial charge in [0.05, 0.1) is 0 Å². The van der Waals surface area contributed by atoms with Crippen molar-refractivity contribution in [3.05, 3.63) is 35.9 Å².